The number of hydrogen-bond acceptors (Lipinski definition) is 4. The fourth-order valence-electron chi connectivity index (χ4n) is 2.79. The van der Waals surface area contributed by atoms with Gasteiger partial charge in [-0.15, -0.1) is 0 Å². The van der Waals surface area contributed by atoms with Crippen LogP contribution in [0, 0.1) is 6.92 Å². The Bertz CT molecular complexity index is 730. The molecule has 7 heteroatoms. The van der Waals surface area contributed by atoms with E-state index in [9.17, 15) is 9.59 Å². The summed E-state index contributed by atoms with van der Waals surface area (Å²) in [4.78, 5) is 34.2. The van der Waals surface area contributed by atoms with E-state index in [0.29, 0.717) is 18.0 Å². The Morgan fingerprint density at radius 1 is 1.38 bits per heavy atom. The van der Waals surface area contributed by atoms with Gasteiger partial charge in [-0.3, -0.25) is 14.0 Å². The second kappa shape index (κ2) is 4.56. The van der Waals surface area contributed by atoms with Crippen molar-refractivity contribution in [3.05, 3.63) is 23.0 Å². The van der Waals surface area contributed by atoms with Gasteiger partial charge in [0, 0.05) is 38.2 Å². The first-order chi connectivity index (χ1) is 9.84. The van der Waals surface area contributed by atoms with E-state index in [2.05, 4.69) is 4.98 Å². The summed E-state index contributed by atoms with van der Waals surface area (Å²) in [5.41, 5.74) is 0.0578. The van der Waals surface area contributed by atoms with E-state index in [1.165, 1.54) is 11.3 Å². The van der Waals surface area contributed by atoms with E-state index in [0.717, 1.165) is 10.7 Å². The van der Waals surface area contributed by atoms with Crippen molar-refractivity contribution in [1.29, 1.82) is 0 Å². The zero-order valence-corrected chi connectivity index (χ0v) is 13.4. The van der Waals surface area contributed by atoms with Crippen molar-refractivity contribution in [2.45, 2.75) is 26.3 Å². The van der Waals surface area contributed by atoms with Crippen LogP contribution in [0.2, 0.25) is 0 Å². The van der Waals surface area contributed by atoms with Gasteiger partial charge >= 0.3 is 0 Å². The average Bonchev–Trinajstić information content (AvgIpc) is 2.99. The summed E-state index contributed by atoms with van der Waals surface area (Å²) in [5.74, 6) is -0.115. The third-order valence-electron chi connectivity index (χ3n) is 4.13. The third kappa shape index (κ3) is 1.95. The summed E-state index contributed by atoms with van der Waals surface area (Å²) in [6, 6.07) is 0. The molecule has 0 unspecified atom stereocenters. The molecule has 2 amide bonds. The van der Waals surface area contributed by atoms with Crippen molar-refractivity contribution < 1.29 is 9.59 Å². The normalized spacial score (nSPS) is 18.6. The topological polar surface area (TPSA) is 57.9 Å². The summed E-state index contributed by atoms with van der Waals surface area (Å²) < 4.78 is 1.91. The number of rotatable bonds is 1. The number of likely N-dealkylation sites (N-methyl/N-ethyl adjacent to an activating group) is 1. The highest BCUT2D eigenvalue weighted by Gasteiger charge is 2.43. The maximum atomic E-state index is 12.9. The lowest BCUT2D eigenvalue weighted by atomic mass is 9.97. The lowest BCUT2D eigenvalue weighted by molar-refractivity contribution is -0.144. The maximum absolute atomic E-state index is 12.9. The minimum absolute atomic E-state index is 0.0268. The predicted molar refractivity (Wildman–Crippen MR) is 80.6 cm³/mol. The summed E-state index contributed by atoms with van der Waals surface area (Å²) >= 11 is 1.37. The van der Waals surface area contributed by atoms with E-state index in [4.69, 9.17) is 0 Å². The number of aryl methyl sites for hydroxylation is 1. The molecule has 0 aliphatic carbocycles. The molecule has 0 atom stereocenters. The molecule has 0 spiro atoms. The molecule has 2 aromatic rings. The van der Waals surface area contributed by atoms with Gasteiger partial charge < -0.3 is 9.80 Å². The van der Waals surface area contributed by atoms with Crippen LogP contribution in [0.4, 0.5) is 0 Å². The van der Waals surface area contributed by atoms with Gasteiger partial charge in [-0.1, -0.05) is 11.3 Å². The van der Waals surface area contributed by atoms with E-state index in [-0.39, 0.29) is 11.8 Å². The summed E-state index contributed by atoms with van der Waals surface area (Å²) in [6.07, 6.45) is 3.56. The molecule has 112 valence electrons. The molecule has 1 saturated heterocycles. The first kappa shape index (κ1) is 14.1. The van der Waals surface area contributed by atoms with Gasteiger partial charge in [0.2, 0.25) is 5.91 Å². The fraction of sp³-hybridized carbons (Fsp3) is 0.500. The van der Waals surface area contributed by atoms with Crippen LogP contribution in [-0.2, 0) is 4.79 Å². The van der Waals surface area contributed by atoms with E-state index in [1.54, 1.807) is 36.9 Å². The Balaban J connectivity index is 2.00. The molecule has 0 bridgehead atoms. The lowest BCUT2D eigenvalue weighted by Crippen LogP contribution is -2.63. The van der Waals surface area contributed by atoms with Gasteiger partial charge in [0.25, 0.3) is 5.91 Å². The predicted octanol–water partition coefficient (Wildman–Crippen LogP) is 1.40. The molecule has 2 aromatic heterocycles. The van der Waals surface area contributed by atoms with Crippen LogP contribution in [0.15, 0.2) is 12.4 Å². The number of thiazole rings is 1. The second-order valence-corrected chi connectivity index (χ2v) is 6.82. The molecule has 0 saturated carbocycles. The number of aromatic nitrogens is 2. The second-order valence-electron chi connectivity index (χ2n) is 5.84. The van der Waals surface area contributed by atoms with Gasteiger partial charge in [0.1, 0.15) is 10.4 Å². The smallest absolute Gasteiger partial charge is 0.266 e. The number of amides is 2. The van der Waals surface area contributed by atoms with Gasteiger partial charge in [0.15, 0.2) is 4.96 Å². The molecule has 3 heterocycles. The maximum Gasteiger partial charge on any atom is 0.266 e. The van der Waals surface area contributed by atoms with Crippen LogP contribution >= 0.6 is 11.3 Å². The number of carbonyl (C=O) groups excluding carboxylic acids is 2. The van der Waals surface area contributed by atoms with Gasteiger partial charge in [-0.25, -0.2) is 4.98 Å². The van der Waals surface area contributed by atoms with Crippen molar-refractivity contribution >= 4 is 28.1 Å². The van der Waals surface area contributed by atoms with Gasteiger partial charge in [-0.05, 0) is 20.8 Å². The first-order valence-electron chi connectivity index (χ1n) is 6.84. The molecule has 1 fully saturated rings. The minimum Gasteiger partial charge on any atom is -0.342 e. The molecule has 0 radical (unpaired) electrons. The van der Waals surface area contributed by atoms with Gasteiger partial charge in [0.05, 0.1) is 0 Å². The van der Waals surface area contributed by atoms with Crippen LogP contribution in [0.5, 0.6) is 0 Å². The Kier molecular flexibility index (Phi) is 3.05. The van der Waals surface area contributed by atoms with Crippen molar-refractivity contribution in [3.8, 4) is 0 Å². The SMILES string of the molecule is Cc1c(C(=O)N2CCN(C)C(=O)C2(C)C)sc2nccn12. The molecule has 1 aliphatic heterocycles. The Morgan fingerprint density at radius 2 is 2.10 bits per heavy atom. The van der Waals surface area contributed by atoms with Crippen molar-refractivity contribution in [2.75, 3.05) is 20.1 Å². The molecular weight excluding hydrogens is 288 g/mol. The van der Waals surface area contributed by atoms with E-state index in [1.807, 2.05) is 17.5 Å². The van der Waals surface area contributed by atoms with Crippen LogP contribution in [0.25, 0.3) is 4.96 Å². The Hall–Kier alpha value is -1.89. The summed E-state index contributed by atoms with van der Waals surface area (Å²) in [7, 11) is 1.77. The molecule has 0 N–H and O–H groups in total. The van der Waals surface area contributed by atoms with E-state index < -0.39 is 5.54 Å². The minimum atomic E-state index is -0.817. The van der Waals surface area contributed by atoms with E-state index >= 15 is 0 Å². The lowest BCUT2D eigenvalue weighted by Gasteiger charge is -2.44. The highest BCUT2D eigenvalue weighted by Crippen LogP contribution is 2.28. The fourth-order valence-corrected chi connectivity index (χ4v) is 3.82. The summed E-state index contributed by atoms with van der Waals surface area (Å²) in [5, 5.41) is 0. The highest BCUT2D eigenvalue weighted by molar-refractivity contribution is 7.19. The van der Waals surface area contributed by atoms with Crippen LogP contribution in [0.1, 0.15) is 29.2 Å². The summed E-state index contributed by atoms with van der Waals surface area (Å²) in [6.45, 7) is 6.63. The zero-order valence-electron chi connectivity index (χ0n) is 12.6. The number of fused-ring (bicyclic) bond motifs is 1. The van der Waals surface area contributed by atoms with Crippen molar-refractivity contribution in [1.82, 2.24) is 19.2 Å². The number of piperazine rings is 1. The number of nitrogens with zero attached hydrogens (tertiary/aromatic N) is 4. The number of carbonyl (C=O) groups is 2. The third-order valence-corrected chi connectivity index (χ3v) is 5.29. The molecule has 21 heavy (non-hydrogen) atoms. The van der Waals surface area contributed by atoms with Crippen molar-refractivity contribution in [2.24, 2.45) is 0 Å². The Labute approximate surface area is 127 Å². The molecule has 3 rings (SSSR count). The monoisotopic (exact) mass is 306 g/mol. The zero-order chi connectivity index (χ0) is 15.4. The van der Waals surface area contributed by atoms with Crippen LogP contribution < -0.4 is 0 Å². The molecule has 0 aromatic carbocycles. The van der Waals surface area contributed by atoms with Crippen LogP contribution in [0.3, 0.4) is 0 Å². The highest BCUT2D eigenvalue weighted by atomic mass is 32.1. The van der Waals surface area contributed by atoms with Gasteiger partial charge in [-0.2, -0.15) is 0 Å². The standard InChI is InChI=1S/C14H18N4O2S/c1-9-10(21-13-15-5-6-17(9)13)11(19)18-8-7-16(4)12(20)14(18,2)3/h5-6H,7-8H2,1-4H3. The molecule has 1 aliphatic rings. The molecule has 6 nitrogen and oxygen atoms in total. The average molecular weight is 306 g/mol. The van der Waals surface area contributed by atoms with Crippen LogP contribution in [-0.4, -0.2) is 56.7 Å². The number of hydrogen-bond donors (Lipinski definition) is 0. The first-order valence-corrected chi connectivity index (χ1v) is 7.65. The van der Waals surface area contributed by atoms with Crippen molar-refractivity contribution in [3.63, 3.8) is 0 Å². The largest absolute Gasteiger partial charge is 0.342 e. The number of imidazole rings is 1. The Morgan fingerprint density at radius 3 is 2.76 bits per heavy atom. The molecular formula is C14H18N4O2S. The quantitative estimate of drug-likeness (QED) is 0.800.